The molecule has 1 aromatic rings. The molecule has 0 saturated carbocycles. The molecule has 1 heterocycles. The van der Waals surface area contributed by atoms with Crippen molar-refractivity contribution in [2.45, 2.75) is 38.1 Å². The van der Waals surface area contributed by atoms with E-state index in [0.29, 0.717) is 29.7 Å². The van der Waals surface area contributed by atoms with Crippen LogP contribution in [0.25, 0.3) is 0 Å². The minimum absolute atomic E-state index is 0.306. The molecule has 1 saturated heterocycles. The van der Waals surface area contributed by atoms with Crippen LogP contribution in [0.1, 0.15) is 25.8 Å². The van der Waals surface area contributed by atoms with Gasteiger partial charge in [-0.15, -0.1) is 0 Å². The van der Waals surface area contributed by atoms with Gasteiger partial charge >= 0.3 is 0 Å². The number of aryl methyl sites for hydroxylation is 1. The predicted molar refractivity (Wildman–Crippen MR) is 85.7 cm³/mol. The lowest BCUT2D eigenvalue weighted by atomic mass is 10.2. The topological polar surface area (TPSA) is 66.6 Å². The first-order valence-corrected chi connectivity index (χ1v) is 8.93. The predicted octanol–water partition coefficient (Wildman–Crippen LogP) is 1.68. The van der Waals surface area contributed by atoms with E-state index >= 15 is 0 Å². The monoisotopic (exact) mass is 311 g/mol. The van der Waals surface area contributed by atoms with Crippen LogP contribution in [0.3, 0.4) is 0 Å². The van der Waals surface area contributed by atoms with Crippen LogP contribution in [0.15, 0.2) is 23.1 Å². The Morgan fingerprint density at radius 2 is 1.95 bits per heavy atom. The molecule has 0 spiro atoms. The van der Waals surface area contributed by atoms with Crippen LogP contribution >= 0.6 is 0 Å². The van der Waals surface area contributed by atoms with Crippen LogP contribution in [-0.2, 0) is 10.0 Å². The third-order valence-corrected chi connectivity index (χ3v) is 6.01. The molecule has 1 unspecified atom stereocenters. The largest absolute Gasteiger partial charge is 0.399 e. The Balaban J connectivity index is 2.21. The van der Waals surface area contributed by atoms with Gasteiger partial charge in [-0.05, 0) is 50.2 Å². The summed E-state index contributed by atoms with van der Waals surface area (Å²) in [4.78, 5) is 2.63. The summed E-state index contributed by atoms with van der Waals surface area (Å²) in [7, 11) is -3.44. The van der Waals surface area contributed by atoms with Gasteiger partial charge in [0.2, 0.25) is 10.0 Å². The van der Waals surface area contributed by atoms with E-state index < -0.39 is 10.0 Å². The second-order valence-electron chi connectivity index (χ2n) is 5.61. The molecule has 0 aliphatic carbocycles. The summed E-state index contributed by atoms with van der Waals surface area (Å²) in [5, 5.41) is 0. The summed E-state index contributed by atoms with van der Waals surface area (Å²) in [5.41, 5.74) is 7.14. The Morgan fingerprint density at radius 3 is 2.52 bits per heavy atom. The van der Waals surface area contributed by atoms with Crippen LogP contribution in [-0.4, -0.2) is 49.8 Å². The van der Waals surface area contributed by atoms with Crippen molar-refractivity contribution >= 4 is 15.7 Å². The number of nitrogen functional groups attached to an aromatic ring is 1. The van der Waals surface area contributed by atoms with Crippen LogP contribution in [0.4, 0.5) is 5.69 Å². The number of benzene rings is 1. The Kier molecular flexibility index (Phi) is 4.91. The Bertz CT molecular complexity index is 577. The average molecular weight is 311 g/mol. The number of anilines is 1. The molecular formula is C15H25N3O2S. The van der Waals surface area contributed by atoms with E-state index in [0.717, 1.165) is 25.1 Å². The van der Waals surface area contributed by atoms with Crippen LogP contribution < -0.4 is 5.73 Å². The molecule has 1 fully saturated rings. The van der Waals surface area contributed by atoms with E-state index in [-0.39, 0.29) is 0 Å². The number of sulfonamides is 1. The van der Waals surface area contributed by atoms with Gasteiger partial charge in [0.25, 0.3) is 0 Å². The van der Waals surface area contributed by atoms with Gasteiger partial charge in [0, 0.05) is 24.8 Å². The van der Waals surface area contributed by atoms with Crippen molar-refractivity contribution in [3.05, 3.63) is 23.8 Å². The minimum Gasteiger partial charge on any atom is -0.399 e. The summed E-state index contributed by atoms with van der Waals surface area (Å²) < 4.78 is 27.1. The van der Waals surface area contributed by atoms with Gasteiger partial charge in [-0.1, -0.05) is 13.8 Å². The highest BCUT2D eigenvalue weighted by molar-refractivity contribution is 7.89. The van der Waals surface area contributed by atoms with Gasteiger partial charge in [0.15, 0.2) is 0 Å². The summed E-state index contributed by atoms with van der Waals surface area (Å²) in [6.45, 7) is 9.13. The second kappa shape index (κ2) is 6.34. The van der Waals surface area contributed by atoms with Crippen molar-refractivity contribution in [3.63, 3.8) is 0 Å². The molecular weight excluding hydrogens is 286 g/mol. The summed E-state index contributed by atoms with van der Waals surface area (Å²) in [6.07, 6.45) is 0.891. The lowest BCUT2D eigenvalue weighted by molar-refractivity contribution is 0.224. The zero-order valence-corrected chi connectivity index (χ0v) is 13.9. The number of nitrogens with zero attached hydrogens (tertiary/aromatic N) is 2. The summed E-state index contributed by atoms with van der Waals surface area (Å²) >= 11 is 0. The van der Waals surface area contributed by atoms with Crippen LogP contribution in [0.5, 0.6) is 0 Å². The molecule has 118 valence electrons. The number of nitrogens with two attached hydrogens (primary N) is 1. The average Bonchev–Trinajstić information content (AvgIpc) is 2.89. The molecule has 21 heavy (non-hydrogen) atoms. The zero-order valence-electron chi connectivity index (χ0n) is 13.0. The van der Waals surface area contributed by atoms with Gasteiger partial charge in [-0.2, -0.15) is 4.31 Å². The molecule has 1 aromatic carbocycles. The molecule has 1 aliphatic heterocycles. The maximum atomic E-state index is 12.7. The first-order chi connectivity index (χ1) is 9.88. The second-order valence-corrected chi connectivity index (χ2v) is 7.54. The van der Waals surface area contributed by atoms with Crippen LogP contribution in [0.2, 0.25) is 0 Å². The van der Waals surface area contributed by atoms with E-state index in [9.17, 15) is 8.42 Å². The first-order valence-electron chi connectivity index (χ1n) is 7.49. The van der Waals surface area contributed by atoms with E-state index in [4.69, 9.17) is 5.73 Å². The normalized spacial score (nSPS) is 20.3. The van der Waals surface area contributed by atoms with Crippen molar-refractivity contribution in [1.82, 2.24) is 9.21 Å². The Hall–Kier alpha value is -1.11. The molecule has 0 bridgehead atoms. The Labute approximate surface area is 127 Å². The SMILES string of the molecule is CCN(CC)C1CCN(S(=O)(=O)c2cc(C)cc(N)c2)C1. The zero-order chi connectivity index (χ0) is 15.6. The van der Waals surface area contributed by atoms with Crippen molar-refractivity contribution < 1.29 is 8.42 Å². The molecule has 5 nitrogen and oxygen atoms in total. The van der Waals surface area contributed by atoms with Crippen molar-refractivity contribution in [2.75, 3.05) is 31.9 Å². The highest BCUT2D eigenvalue weighted by Crippen LogP contribution is 2.25. The van der Waals surface area contributed by atoms with Crippen LogP contribution in [0, 0.1) is 6.92 Å². The fraction of sp³-hybridized carbons (Fsp3) is 0.600. The molecule has 0 aromatic heterocycles. The smallest absolute Gasteiger partial charge is 0.243 e. The molecule has 1 atom stereocenters. The molecule has 0 amide bonds. The number of hydrogen-bond donors (Lipinski definition) is 1. The molecule has 2 rings (SSSR count). The van der Waals surface area contributed by atoms with Gasteiger partial charge in [0.1, 0.15) is 0 Å². The van der Waals surface area contributed by atoms with E-state index in [1.165, 1.54) is 0 Å². The van der Waals surface area contributed by atoms with E-state index in [1.807, 2.05) is 6.92 Å². The van der Waals surface area contributed by atoms with E-state index in [2.05, 4.69) is 18.7 Å². The van der Waals surface area contributed by atoms with Gasteiger partial charge in [-0.25, -0.2) is 8.42 Å². The molecule has 2 N–H and O–H groups in total. The summed E-state index contributed by atoms with van der Waals surface area (Å²) in [5.74, 6) is 0. The number of hydrogen-bond acceptors (Lipinski definition) is 4. The fourth-order valence-electron chi connectivity index (χ4n) is 3.04. The van der Waals surface area contributed by atoms with E-state index in [1.54, 1.807) is 22.5 Å². The molecule has 0 radical (unpaired) electrons. The lowest BCUT2D eigenvalue weighted by Crippen LogP contribution is -2.38. The lowest BCUT2D eigenvalue weighted by Gasteiger charge is -2.26. The number of rotatable bonds is 5. The van der Waals surface area contributed by atoms with Crippen molar-refractivity contribution in [1.29, 1.82) is 0 Å². The summed E-state index contributed by atoms with van der Waals surface area (Å²) in [6, 6.07) is 5.34. The molecule has 1 aliphatic rings. The maximum Gasteiger partial charge on any atom is 0.243 e. The standard InChI is InChI=1S/C15H25N3O2S/c1-4-17(5-2)14-6-7-18(11-14)21(19,20)15-9-12(3)8-13(16)10-15/h8-10,14H,4-7,11,16H2,1-3H3. The quantitative estimate of drug-likeness (QED) is 0.840. The van der Waals surface area contributed by atoms with Gasteiger partial charge < -0.3 is 5.73 Å². The first kappa shape index (κ1) is 16.3. The van der Waals surface area contributed by atoms with Gasteiger partial charge in [-0.3, -0.25) is 4.90 Å². The number of likely N-dealkylation sites (N-methyl/N-ethyl adjacent to an activating group) is 1. The highest BCUT2D eigenvalue weighted by Gasteiger charge is 2.34. The molecule has 6 heteroatoms. The fourth-order valence-corrected chi connectivity index (χ4v) is 4.67. The Morgan fingerprint density at radius 1 is 1.29 bits per heavy atom. The maximum absolute atomic E-state index is 12.7. The third-order valence-electron chi connectivity index (χ3n) is 4.17. The highest BCUT2D eigenvalue weighted by atomic mass is 32.2. The third kappa shape index (κ3) is 3.39. The van der Waals surface area contributed by atoms with Crippen molar-refractivity contribution in [2.24, 2.45) is 0 Å². The van der Waals surface area contributed by atoms with Gasteiger partial charge in [0.05, 0.1) is 4.90 Å². The minimum atomic E-state index is -3.44. The van der Waals surface area contributed by atoms with Crippen molar-refractivity contribution in [3.8, 4) is 0 Å².